The molecule has 0 saturated heterocycles. The van der Waals surface area contributed by atoms with Gasteiger partial charge in [0.1, 0.15) is 8.32 Å². The first-order valence-corrected chi connectivity index (χ1v) is 8.72. The van der Waals surface area contributed by atoms with Crippen molar-refractivity contribution < 1.29 is 4.12 Å². The Morgan fingerprint density at radius 2 is 1.50 bits per heavy atom. The van der Waals surface area contributed by atoms with E-state index in [-0.39, 0.29) is 0 Å². The fraction of sp³-hybridized carbons (Fsp3) is 1.00. The molecule has 8 heavy (non-hydrogen) atoms. The zero-order chi connectivity index (χ0) is 6.78. The van der Waals surface area contributed by atoms with Gasteiger partial charge in [-0.05, 0) is 19.6 Å². The van der Waals surface area contributed by atoms with Crippen molar-refractivity contribution in [2.24, 2.45) is 0 Å². The van der Waals surface area contributed by atoms with Gasteiger partial charge in [-0.25, -0.2) is 0 Å². The highest BCUT2D eigenvalue weighted by molar-refractivity contribution is 6.76. The van der Waals surface area contributed by atoms with Gasteiger partial charge in [0.15, 0.2) is 0 Å². The van der Waals surface area contributed by atoms with Gasteiger partial charge in [0.25, 0.3) is 0 Å². The molecule has 0 aromatic carbocycles. The van der Waals surface area contributed by atoms with Crippen LogP contribution in [-0.4, -0.2) is 17.4 Å². The van der Waals surface area contributed by atoms with E-state index < -0.39 is 17.4 Å². The lowest BCUT2D eigenvalue weighted by Gasteiger charge is -2.31. The molecule has 0 aromatic rings. The average Bonchev–Trinajstić information content (AvgIpc) is 1.21. The van der Waals surface area contributed by atoms with Gasteiger partial charge in [0, 0.05) is 0 Å². The van der Waals surface area contributed by atoms with E-state index in [9.17, 15) is 0 Å². The van der Waals surface area contributed by atoms with Gasteiger partial charge in [0.2, 0.25) is 0 Å². The van der Waals surface area contributed by atoms with Crippen LogP contribution in [0.4, 0.5) is 0 Å². The first-order valence-electron chi connectivity index (χ1n) is 2.91. The molecule has 0 saturated carbocycles. The zero-order valence-electron chi connectivity index (χ0n) is 6.41. The summed E-state index contributed by atoms with van der Waals surface area (Å²) < 4.78 is 5.68. The Hall–Kier alpha value is 0.394. The topological polar surface area (TPSA) is 9.23 Å². The lowest BCUT2D eigenvalue weighted by atomic mass is 11.8. The largest absolute Gasteiger partial charge is 0.628 e. The van der Waals surface area contributed by atoms with E-state index in [1.54, 1.807) is 0 Å². The van der Waals surface area contributed by atoms with Crippen LogP contribution in [0.1, 0.15) is 0 Å². The van der Waals surface area contributed by atoms with Crippen molar-refractivity contribution in [1.29, 1.82) is 0 Å². The van der Waals surface area contributed by atoms with Crippen LogP contribution in [-0.2, 0) is 4.12 Å². The Labute approximate surface area is 54.9 Å². The highest BCUT2D eigenvalue weighted by Gasteiger charge is 2.07. The van der Waals surface area contributed by atoms with Gasteiger partial charge < -0.3 is 4.12 Å². The molecule has 0 aliphatic heterocycles. The summed E-state index contributed by atoms with van der Waals surface area (Å²) in [5.41, 5.74) is 0. The molecule has 0 spiro atoms. The maximum atomic E-state index is 5.68. The predicted octanol–water partition coefficient (Wildman–Crippen LogP) is 2.09. The molecule has 0 radical (unpaired) electrons. The molecule has 0 amide bonds. The van der Waals surface area contributed by atoms with Crippen LogP contribution in [0.15, 0.2) is 0 Å². The fourth-order valence-corrected chi connectivity index (χ4v) is 5.51. The van der Waals surface area contributed by atoms with E-state index in [1.165, 1.54) is 0 Å². The first-order chi connectivity index (χ1) is 3.42. The Morgan fingerprint density at radius 3 is 1.50 bits per heavy atom. The van der Waals surface area contributed by atoms with E-state index in [0.29, 0.717) is 0 Å². The third-order valence-corrected chi connectivity index (χ3v) is 4.59. The maximum Gasteiger partial charge on any atom is 0.139 e. The van der Waals surface area contributed by atoms with Gasteiger partial charge in [-0.2, -0.15) is 13.1 Å². The van der Waals surface area contributed by atoms with E-state index in [4.69, 9.17) is 4.12 Å². The van der Waals surface area contributed by atoms with E-state index in [2.05, 4.69) is 32.7 Å². The van der Waals surface area contributed by atoms with Crippen molar-refractivity contribution in [3.8, 4) is 0 Å². The number of hydrogen-bond acceptors (Lipinski definition) is 1. The van der Waals surface area contributed by atoms with Crippen LogP contribution < -0.4 is 0 Å². The summed E-state index contributed by atoms with van der Waals surface area (Å²) in [6, 6.07) is 0. The van der Waals surface area contributed by atoms with Crippen LogP contribution in [0.3, 0.4) is 0 Å². The maximum absolute atomic E-state index is 5.68. The minimum absolute atomic E-state index is 0.430. The molecule has 1 nitrogen and oxygen atoms in total. The standard InChI is InChI=1S/C5H15OSi2/c1-7(2)6-8(3,4)5/h1-5H3/q-1. The molecule has 0 atom stereocenters. The van der Waals surface area contributed by atoms with Gasteiger partial charge >= 0.3 is 0 Å². The number of hydrogen-bond donors (Lipinski definition) is 0. The molecule has 0 aliphatic rings. The molecule has 0 aliphatic carbocycles. The second-order valence-electron chi connectivity index (χ2n) is 3.12. The van der Waals surface area contributed by atoms with Crippen molar-refractivity contribution in [2.75, 3.05) is 0 Å². The first kappa shape index (κ1) is 8.39. The van der Waals surface area contributed by atoms with Crippen LogP contribution in [0.2, 0.25) is 32.7 Å². The molecule has 0 heterocycles. The Morgan fingerprint density at radius 1 is 1.12 bits per heavy atom. The summed E-state index contributed by atoms with van der Waals surface area (Å²) >= 11 is 0. The molecular formula is C5H15OSi2-. The molecule has 50 valence electrons. The van der Waals surface area contributed by atoms with Crippen LogP contribution in [0.25, 0.3) is 0 Å². The molecule has 0 rings (SSSR count). The molecule has 3 heteroatoms. The minimum Gasteiger partial charge on any atom is -0.628 e. The molecule has 0 aromatic heterocycles. The summed E-state index contributed by atoms with van der Waals surface area (Å²) in [5.74, 6) is 0. The van der Waals surface area contributed by atoms with Crippen LogP contribution in [0, 0.1) is 0 Å². The Bertz CT molecular complexity index is 65.3. The molecule has 0 N–H and O–H groups in total. The molecule has 0 bridgehead atoms. The van der Waals surface area contributed by atoms with E-state index in [0.717, 1.165) is 0 Å². The smallest absolute Gasteiger partial charge is 0.139 e. The third-order valence-electron chi connectivity index (χ3n) is 0.510. The number of rotatable bonds is 2. The monoisotopic (exact) mass is 147 g/mol. The van der Waals surface area contributed by atoms with Gasteiger partial charge in [-0.3, -0.25) is 0 Å². The van der Waals surface area contributed by atoms with Gasteiger partial charge in [-0.15, -0.1) is 9.04 Å². The minimum atomic E-state index is -1.18. The summed E-state index contributed by atoms with van der Waals surface area (Å²) in [5, 5.41) is 0. The summed E-state index contributed by atoms with van der Waals surface area (Å²) in [6.07, 6.45) is 0. The van der Waals surface area contributed by atoms with Crippen molar-refractivity contribution in [2.45, 2.75) is 32.7 Å². The average molecular weight is 147 g/mol. The fourth-order valence-electron chi connectivity index (χ4n) is 0.612. The van der Waals surface area contributed by atoms with Crippen LogP contribution in [0.5, 0.6) is 0 Å². The molecule has 0 fully saturated rings. The van der Waals surface area contributed by atoms with Crippen molar-refractivity contribution in [3.05, 3.63) is 0 Å². The highest BCUT2D eigenvalue weighted by atomic mass is 28.4. The van der Waals surface area contributed by atoms with Crippen molar-refractivity contribution in [1.82, 2.24) is 0 Å². The summed E-state index contributed by atoms with van der Waals surface area (Å²) in [7, 11) is -1.61. The van der Waals surface area contributed by atoms with Crippen molar-refractivity contribution >= 4 is 17.4 Å². The van der Waals surface area contributed by atoms with Gasteiger partial charge in [0.05, 0.1) is 0 Å². The SMILES string of the molecule is C[Si-](C)O[Si](C)(C)C. The summed E-state index contributed by atoms with van der Waals surface area (Å²) in [6.45, 7) is 11.0. The van der Waals surface area contributed by atoms with Crippen LogP contribution >= 0.6 is 0 Å². The third kappa shape index (κ3) is 6.39. The second kappa shape index (κ2) is 2.80. The molecular weight excluding hydrogens is 132 g/mol. The lowest BCUT2D eigenvalue weighted by molar-refractivity contribution is 0.583. The summed E-state index contributed by atoms with van der Waals surface area (Å²) in [4.78, 5) is 0. The predicted molar refractivity (Wildman–Crippen MR) is 41.9 cm³/mol. The normalized spacial score (nSPS) is 12.8. The molecule has 0 unspecified atom stereocenters. The Balaban J connectivity index is 3.39. The Kier molecular flexibility index (Phi) is 2.94. The lowest BCUT2D eigenvalue weighted by Crippen LogP contribution is -2.31. The van der Waals surface area contributed by atoms with Crippen molar-refractivity contribution in [3.63, 3.8) is 0 Å². The van der Waals surface area contributed by atoms with Gasteiger partial charge in [-0.1, -0.05) is 0 Å². The zero-order valence-corrected chi connectivity index (χ0v) is 8.41. The second-order valence-corrected chi connectivity index (χ2v) is 9.98. The van der Waals surface area contributed by atoms with E-state index >= 15 is 0 Å². The highest BCUT2D eigenvalue weighted by Crippen LogP contribution is 2.03. The quantitative estimate of drug-likeness (QED) is 0.543. The van der Waals surface area contributed by atoms with E-state index in [1.807, 2.05) is 0 Å².